The van der Waals surface area contributed by atoms with Crippen LogP contribution in [0.2, 0.25) is 0 Å². The van der Waals surface area contributed by atoms with Gasteiger partial charge >= 0.3 is 0 Å². The minimum atomic E-state index is 0.451. The van der Waals surface area contributed by atoms with Gasteiger partial charge in [0.1, 0.15) is 0 Å². The Morgan fingerprint density at radius 1 is 1.30 bits per heavy atom. The van der Waals surface area contributed by atoms with Crippen LogP contribution >= 0.6 is 0 Å². The molecule has 110 valence electrons. The van der Waals surface area contributed by atoms with Gasteiger partial charge in [0.15, 0.2) is 0 Å². The maximum atomic E-state index is 4.60. The lowest BCUT2D eigenvalue weighted by Crippen LogP contribution is -2.21. The molecular weight excluding hydrogens is 250 g/mol. The first-order valence-electron chi connectivity index (χ1n) is 7.37. The monoisotopic (exact) mass is 275 g/mol. The van der Waals surface area contributed by atoms with Crippen molar-refractivity contribution >= 4 is 0 Å². The van der Waals surface area contributed by atoms with Gasteiger partial charge in [-0.2, -0.15) is 10.2 Å². The number of nitrogens with one attached hydrogen (secondary N) is 1. The van der Waals surface area contributed by atoms with E-state index < -0.39 is 0 Å². The van der Waals surface area contributed by atoms with Gasteiger partial charge in [0.25, 0.3) is 0 Å². The summed E-state index contributed by atoms with van der Waals surface area (Å²) in [6.07, 6.45) is 7.14. The van der Waals surface area contributed by atoms with Crippen molar-refractivity contribution in [3.05, 3.63) is 35.9 Å². The Hall–Kier alpha value is -1.62. The van der Waals surface area contributed by atoms with E-state index in [4.69, 9.17) is 0 Å². The van der Waals surface area contributed by atoms with Gasteiger partial charge in [-0.1, -0.05) is 20.8 Å². The Kier molecular flexibility index (Phi) is 4.95. The summed E-state index contributed by atoms with van der Waals surface area (Å²) in [5.74, 6) is 0. The highest BCUT2D eigenvalue weighted by Gasteiger charge is 2.06. The number of hydrogen-bond donors (Lipinski definition) is 1. The molecule has 0 aliphatic carbocycles. The van der Waals surface area contributed by atoms with E-state index in [1.54, 1.807) is 0 Å². The highest BCUT2D eigenvalue weighted by atomic mass is 15.3. The van der Waals surface area contributed by atoms with Crippen molar-refractivity contribution in [3.8, 4) is 0 Å². The van der Waals surface area contributed by atoms with Crippen molar-refractivity contribution in [1.82, 2.24) is 24.9 Å². The van der Waals surface area contributed by atoms with E-state index in [0.717, 1.165) is 25.2 Å². The van der Waals surface area contributed by atoms with Crippen molar-refractivity contribution < 1.29 is 0 Å². The third-order valence-electron chi connectivity index (χ3n) is 3.43. The van der Waals surface area contributed by atoms with Crippen LogP contribution in [0, 0.1) is 0 Å². The molecule has 2 aromatic heterocycles. The summed E-state index contributed by atoms with van der Waals surface area (Å²) >= 11 is 0. The maximum Gasteiger partial charge on any atom is 0.0849 e. The lowest BCUT2D eigenvalue weighted by atomic mass is 10.3. The Labute approximate surface area is 121 Å². The van der Waals surface area contributed by atoms with Crippen molar-refractivity contribution in [2.24, 2.45) is 0 Å². The van der Waals surface area contributed by atoms with Gasteiger partial charge < -0.3 is 5.32 Å². The van der Waals surface area contributed by atoms with Crippen molar-refractivity contribution in [2.75, 3.05) is 0 Å². The average Bonchev–Trinajstić information content (AvgIpc) is 3.05. The SMILES string of the molecule is CCC(C)n1ccc(Cn2cc(CNC(C)C)cn2)n1. The van der Waals surface area contributed by atoms with Crippen LogP contribution in [0.4, 0.5) is 0 Å². The molecule has 0 aromatic carbocycles. The van der Waals surface area contributed by atoms with E-state index in [-0.39, 0.29) is 0 Å². The minimum absolute atomic E-state index is 0.451. The molecule has 1 unspecified atom stereocenters. The van der Waals surface area contributed by atoms with Crippen LogP contribution in [0.1, 0.15) is 51.4 Å². The van der Waals surface area contributed by atoms with Crippen molar-refractivity contribution in [1.29, 1.82) is 0 Å². The molecule has 5 nitrogen and oxygen atoms in total. The summed E-state index contributed by atoms with van der Waals surface area (Å²) in [7, 11) is 0. The van der Waals surface area contributed by atoms with Crippen molar-refractivity contribution in [3.63, 3.8) is 0 Å². The van der Waals surface area contributed by atoms with Crippen LogP contribution in [-0.2, 0) is 13.1 Å². The van der Waals surface area contributed by atoms with Crippen LogP contribution in [0.5, 0.6) is 0 Å². The normalized spacial score (nSPS) is 13.1. The molecule has 0 bridgehead atoms. The molecule has 0 aliphatic heterocycles. The third-order valence-corrected chi connectivity index (χ3v) is 3.43. The highest BCUT2D eigenvalue weighted by molar-refractivity contribution is 5.06. The zero-order chi connectivity index (χ0) is 14.5. The second-order valence-electron chi connectivity index (χ2n) is 5.63. The Balaban J connectivity index is 1.94. The summed E-state index contributed by atoms with van der Waals surface area (Å²) in [6.45, 7) is 10.2. The smallest absolute Gasteiger partial charge is 0.0849 e. The molecule has 1 atom stereocenters. The van der Waals surface area contributed by atoms with Crippen LogP contribution in [0.15, 0.2) is 24.7 Å². The van der Waals surface area contributed by atoms with Gasteiger partial charge in [0, 0.05) is 36.6 Å². The topological polar surface area (TPSA) is 47.7 Å². The van der Waals surface area contributed by atoms with Gasteiger partial charge in [0.2, 0.25) is 0 Å². The van der Waals surface area contributed by atoms with E-state index in [0.29, 0.717) is 12.1 Å². The highest BCUT2D eigenvalue weighted by Crippen LogP contribution is 2.10. The first kappa shape index (κ1) is 14.8. The van der Waals surface area contributed by atoms with E-state index in [2.05, 4.69) is 55.5 Å². The quantitative estimate of drug-likeness (QED) is 0.845. The predicted molar refractivity (Wildman–Crippen MR) is 80.5 cm³/mol. The number of hydrogen-bond acceptors (Lipinski definition) is 3. The number of nitrogens with zero attached hydrogens (tertiary/aromatic N) is 4. The van der Waals surface area contributed by atoms with Crippen LogP contribution in [-0.4, -0.2) is 25.6 Å². The summed E-state index contributed by atoms with van der Waals surface area (Å²) in [6, 6.07) is 3.01. The predicted octanol–water partition coefficient (Wildman–Crippen LogP) is 2.60. The molecule has 0 amide bonds. The molecule has 0 saturated carbocycles. The average molecular weight is 275 g/mol. The van der Waals surface area contributed by atoms with Gasteiger partial charge in [-0.15, -0.1) is 0 Å². The molecule has 2 heterocycles. The van der Waals surface area contributed by atoms with Gasteiger partial charge in [0.05, 0.1) is 18.4 Å². The molecule has 2 rings (SSSR count). The zero-order valence-electron chi connectivity index (χ0n) is 12.9. The van der Waals surface area contributed by atoms with Crippen LogP contribution in [0.25, 0.3) is 0 Å². The van der Waals surface area contributed by atoms with Gasteiger partial charge in [-0.3, -0.25) is 9.36 Å². The molecule has 0 spiro atoms. The van der Waals surface area contributed by atoms with E-state index in [9.17, 15) is 0 Å². The molecule has 1 N–H and O–H groups in total. The van der Waals surface area contributed by atoms with E-state index in [1.165, 1.54) is 5.56 Å². The lowest BCUT2D eigenvalue weighted by Gasteiger charge is -2.08. The first-order valence-corrected chi connectivity index (χ1v) is 7.37. The molecule has 20 heavy (non-hydrogen) atoms. The second-order valence-corrected chi connectivity index (χ2v) is 5.63. The fourth-order valence-corrected chi connectivity index (χ4v) is 1.97. The van der Waals surface area contributed by atoms with Crippen LogP contribution < -0.4 is 5.32 Å². The number of aromatic nitrogens is 4. The summed E-state index contributed by atoms with van der Waals surface area (Å²) < 4.78 is 3.97. The summed E-state index contributed by atoms with van der Waals surface area (Å²) in [5, 5.41) is 12.4. The van der Waals surface area contributed by atoms with Gasteiger partial charge in [-0.05, 0) is 19.4 Å². The molecular formula is C15H25N5. The zero-order valence-corrected chi connectivity index (χ0v) is 12.9. The number of rotatable bonds is 7. The summed E-state index contributed by atoms with van der Waals surface area (Å²) in [5.41, 5.74) is 2.26. The molecule has 0 radical (unpaired) electrons. The van der Waals surface area contributed by atoms with Gasteiger partial charge in [-0.25, -0.2) is 0 Å². The molecule has 5 heteroatoms. The van der Waals surface area contributed by atoms with E-state index >= 15 is 0 Å². The maximum absolute atomic E-state index is 4.60. The minimum Gasteiger partial charge on any atom is -0.310 e. The van der Waals surface area contributed by atoms with Crippen LogP contribution in [0.3, 0.4) is 0 Å². The third kappa shape index (κ3) is 3.93. The fraction of sp³-hybridized carbons (Fsp3) is 0.600. The first-order chi connectivity index (χ1) is 9.58. The Bertz CT molecular complexity index is 526. The van der Waals surface area contributed by atoms with E-state index in [1.807, 2.05) is 21.8 Å². The molecule has 0 aliphatic rings. The standard InChI is InChI=1S/C15H25N5/c1-5-13(4)20-7-6-15(18-20)11-19-10-14(9-17-19)8-16-12(2)3/h6-7,9-10,12-13,16H,5,8,11H2,1-4H3. The lowest BCUT2D eigenvalue weighted by molar-refractivity contribution is 0.471. The Morgan fingerprint density at radius 3 is 2.80 bits per heavy atom. The second kappa shape index (κ2) is 6.70. The molecule has 0 saturated heterocycles. The largest absolute Gasteiger partial charge is 0.310 e. The fourth-order valence-electron chi connectivity index (χ4n) is 1.97. The molecule has 0 fully saturated rings. The summed E-state index contributed by atoms with van der Waals surface area (Å²) in [4.78, 5) is 0. The molecule has 2 aromatic rings. The Morgan fingerprint density at radius 2 is 2.10 bits per heavy atom. The van der Waals surface area contributed by atoms with Crippen molar-refractivity contribution in [2.45, 2.75) is 59.3 Å².